The van der Waals surface area contributed by atoms with Crippen molar-refractivity contribution >= 4 is 33.0 Å². The van der Waals surface area contributed by atoms with Crippen molar-refractivity contribution in [3.8, 4) is 0 Å². The van der Waals surface area contributed by atoms with Gasteiger partial charge in [0.25, 0.3) is 10.8 Å². The molecule has 2 amide bonds. The van der Waals surface area contributed by atoms with E-state index in [-0.39, 0.29) is 17.8 Å². The Morgan fingerprint density at radius 2 is 1.73 bits per heavy atom. The highest BCUT2D eigenvalue weighted by molar-refractivity contribution is 7.94. The topological polar surface area (TPSA) is 74.8 Å². The molecule has 2 heterocycles. The molecule has 0 unspecified atom stereocenters. The summed E-state index contributed by atoms with van der Waals surface area (Å²) in [6.45, 7) is 3.63. The Labute approximate surface area is 191 Å². The number of aryl methyl sites for hydroxylation is 2. The fraction of sp³-hybridized carbons (Fsp3) is 0.200. The van der Waals surface area contributed by atoms with Crippen LogP contribution in [0.25, 0.3) is 0 Å². The Kier molecular flexibility index (Phi) is 4.68. The number of sulfone groups is 1. The molecule has 1 saturated heterocycles. The highest BCUT2D eigenvalue weighted by Crippen LogP contribution is 2.52. The lowest BCUT2D eigenvalue weighted by Gasteiger charge is -2.32. The van der Waals surface area contributed by atoms with Crippen LogP contribution in [0.15, 0.2) is 66.7 Å². The molecule has 3 aromatic carbocycles. The zero-order valence-corrected chi connectivity index (χ0v) is 18.9. The molecule has 0 bridgehead atoms. The number of fused-ring (bicyclic) bond motifs is 2. The van der Waals surface area contributed by atoms with Crippen LogP contribution in [0.3, 0.4) is 0 Å². The summed E-state index contributed by atoms with van der Waals surface area (Å²) in [7, 11) is -4.29. The zero-order valence-electron chi connectivity index (χ0n) is 18.1. The molecule has 8 heteroatoms. The number of anilines is 2. The highest BCUT2D eigenvalue weighted by Gasteiger charge is 2.69. The summed E-state index contributed by atoms with van der Waals surface area (Å²) in [5.74, 6) is -2.92. The van der Waals surface area contributed by atoms with Gasteiger partial charge in [0.15, 0.2) is 9.84 Å². The molecule has 1 atom stereocenters. The summed E-state index contributed by atoms with van der Waals surface area (Å²) in [4.78, 5) is 27.2. The molecule has 0 N–H and O–H groups in total. The SMILES string of the molecule is Cc1cccc(CN2C(=O)[C@]3(c4ccccc42)N(c2ccc(C)c(F)c2)C(=O)CS3(=O)=O)c1. The van der Waals surface area contributed by atoms with Gasteiger partial charge in [0.05, 0.1) is 12.2 Å². The maximum Gasteiger partial charge on any atom is 0.274 e. The number of benzene rings is 3. The molecular formula is C25H21FN2O4S. The van der Waals surface area contributed by atoms with Gasteiger partial charge in [0.1, 0.15) is 11.6 Å². The number of halogens is 1. The van der Waals surface area contributed by atoms with E-state index in [1.807, 2.05) is 31.2 Å². The molecule has 1 spiro atoms. The maximum atomic E-state index is 14.4. The lowest BCUT2D eigenvalue weighted by atomic mass is 10.0. The molecular weight excluding hydrogens is 443 g/mol. The van der Waals surface area contributed by atoms with E-state index in [9.17, 15) is 22.4 Å². The molecule has 1 fully saturated rings. The first-order valence-corrected chi connectivity index (χ1v) is 12.1. The molecule has 33 heavy (non-hydrogen) atoms. The van der Waals surface area contributed by atoms with Gasteiger partial charge < -0.3 is 4.90 Å². The Balaban J connectivity index is 1.74. The fourth-order valence-corrected chi connectivity index (χ4v) is 6.80. The van der Waals surface area contributed by atoms with Gasteiger partial charge in [-0.15, -0.1) is 0 Å². The Morgan fingerprint density at radius 3 is 2.45 bits per heavy atom. The third-order valence-corrected chi connectivity index (χ3v) is 8.36. The van der Waals surface area contributed by atoms with Gasteiger partial charge in [-0.1, -0.05) is 54.1 Å². The number of carbonyl (C=O) groups excluding carboxylic acids is 2. The van der Waals surface area contributed by atoms with Crippen LogP contribution in [-0.2, 0) is 30.8 Å². The number of amides is 2. The maximum absolute atomic E-state index is 14.4. The number of para-hydroxylation sites is 1. The number of nitrogens with zero attached hydrogens (tertiary/aromatic N) is 2. The normalized spacial score (nSPS) is 21.2. The van der Waals surface area contributed by atoms with E-state index in [4.69, 9.17) is 0 Å². The lowest BCUT2D eigenvalue weighted by Crippen LogP contribution is -2.54. The highest BCUT2D eigenvalue weighted by atomic mass is 32.2. The molecule has 3 aromatic rings. The zero-order chi connectivity index (χ0) is 23.5. The monoisotopic (exact) mass is 464 g/mol. The van der Waals surface area contributed by atoms with Crippen molar-refractivity contribution in [2.45, 2.75) is 25.3 Å². The molecule has 168 valence electrons. The Morgan fingerprint density at radius 1 is 0.970 bits per heavy atom. The summed E-state index contributed by atoms with van der Waals surface area (Å²) < 4.78 is 41.5. The first-order chi connectivity index (χ1) is 15.7. The van der Waals surface area contributed by atoms with Gasteiger partial charge >= 0.3 is 0 Å². The average Bonchev–Trinajstić information content (AvgIpc) is 3.13. The van der Waals surface area contributed by atoms with Crippen molar-refractivity contribution in [3.05, 3.63) is 94.8 Å². The summed E-state index contributed by atoms with van der Waals surface area (Å²) in [6.07, 6.45) is 0. The number of hydrogen-bond donors (Lipinski definition) is 0. The molecule has 0 aromatic heterocycles. The lowest BCUT2D eigenvalue weighted by molar-refractivity contribution is -0.123. The average molecular weight is 465 g/mol. The van der Waals surface area contributed by atoms with Crippen molar-refractivity contribution in [2.75, 3.05) is 15.6 Å². The van der Waals surface area contributed by atoms with Crippen LogP contribution in [0.4, 0.5) is 15.8 Å². The summed E-state index contributed by atoms with van der Waals surface area (Å²) >= 11 is 0. The van der Waals surface area contributed by atoms with Crippen LogP contribution in [0.5, 0.6) is 0 Å². The molecule has 0 aliphatic carbocycles. The molecule has 2 aliphatic heterocycles. The number of rotatable bonds is 3. The van der Waals surface area contributed by atoms with Gasteiger partial charge in [-0.3, -0.25) is 14.5 Å². The predicted molar refractivity (Wildman–Crippen MR) is 123 cm³/mol. The van der Waals surface area contributed by atoms with Crippen LogP contribution in [0.2, 0.25) is 0 Å². The van der Waals surface area contributed by atoms with Gasteiger partial charge in [0.2, 0.25) is 5.91 Å². The number of carbonyl (C=O) groups is 2. The Hall–Kier alpha value is -3.52. The van der Waals surface area contributed by atoms with E-state index in [1.165, 1.54) is 17.0 Å². The third-order valence-electron chi connectivity index (χ3n) is 6.26. The van der Waals surface area contributed by atoms with E-state index in [2.05, 4.69) is 0 Å². The second-order valence-corrected chi connectivity index (χ2v) is 10.6. The van der Waals surface area contributed by atoms with Crippen molar-refractivity contribution in [3.63, 3.8) is 0 Å². The molecule has 0 radical (unpaired) electrons. The van der Waals surface area contributed by atoms with Crippen LogP contribution >= 0.6 is 0 Å². The summed E-state index contributed by atoms with van der Waals surface area (Å²) in [6, 6.07) is 18.2. The molecule has 5 rings (SSSR count). The molecule has 2 aliphatic rings. The smallest absolute Gasteiger partial charge is 0.274 e. The van der Waals surface area contributed by atoms with Crippen molar-refractivity contribution < 1.29 is 22.4 Å². The van der Waals surface area contributed by atoms with Crippen molar-refractivity contribution in [1.82, 2.24) is 0 Å². The third kappa shape index (κ3) is 2.94. The van der Waals surface area contributed by atoms with E-state index in [0.29, 0.717) is 11.3 Å². The van der Waals surface area contributed by atoms with Gasteiger partial charge in [0, 0.05) is 11.3 Å². The molecule has 6 nitrogen and oxygen atoms in total. The quantitative estimate of drug-likeness (QED) is 0.594. The largest absolute Gasteiger partial charge is 0.304 e. The van der Waals surface area contributed by atoms with Crippen LogP contribution < -0.4 is 9.80 Å². The van der Waals surface area contributed by atoms with Crippen molar-refractivity contribution in [2.24, 2.45) is 0 Å². The summed E-state index contributed by atoms with van der Waals surface area (Å²) in [5, 5.41) is 0. The minimum absolute atomic E-state index is 0.0322. The second kappa shape index (κ2) is 7.25. The van der Waals surface area contributed by atoms with Crippen LogP contribution in [0.1, 0.15) is 22.3 Å². The second-order valence-electron chi connectivity index (χ2n) is 8.46. The molecule has 0 saturated carbocycles. The van der Waals surface area contributed by atoms with E-state index in [0.717, 1.165) is 22.1 Å². The summed E-state index contributed by atoms with van der Waals surface area (Å²) in [5.41, 5.74) is 2.83. The van der Waals surface area contributed by atoms with E-state index >= 15 is 0 Å². The number of hydrogen-bond acceptors (Lipinski definition) is 4. The Bertz CT molecular complexity index is 1440. The minimum Gasteiger partial charge on any atom is -0.304 e. The fourth-order valence-electron chi connectivity index (χ4n) is 4.76. The van der Waals surface area contributed by atoms with E-state index in [1.54, 1.807) is 31.2 Å². The van der Waals surface area contributed by atoms with Crippen LogP contribution in [0, 0.1) is 19.7 Å². The first kappa shape index (κ1) is 21.3. The van der Waals surface area contributed by atoms with E-state index < -0.39 is 38.1 Å². The van der Waals surface area contributed by atoms with Crippen molar-refractivity contribution in [1.29, 1.82) is 0 Å². The standard InChI is InChI=1S/C25H21FN2O4S/c1-16-6-5-7-18(12-16)14-27-22-9-4-3-8-20(22)25(24(27)30)28(23(29)15-33(25,31)32)19-11-10-17(2)21(26)13-19/h3-13H,14-15H2,1-2H3/t25-/m1/s1. The van der Waals surface area contributed by atoms with Gasteiger partial charge in [-0.2, -0.15) is 0 Å². The van der Waals surface area contributed by atoms with Gasteiger partial charge in [-0.05, 0) is 43.2 Å². The van der Waals surface area contributed by atoms with Crippen LogP contribution in [-0.4, -0.2) is 26.0 Å². The van der Waals surface area contributed by atoms with Gasteiger partial charge in [-0.25, -0.2) is 12.8 Å². The minimum atomic E-state index is -4.29. The predicted octanol–water partition coefficient (Wildman–Crippen LogP) is 3.60. The first-order valence-electron chi connectivity index (χ1n) is 10.5.